The van der Waals surface area contributed by atoms with Gasteiger partial charge in [0, 0.05) is 12.1 Å². The summed E-state index contributed by atoms with van der Waals surface area (Å²) in [6.07, 6.45) is 6.86. The first kappa shape index (κ1) is 14.6. The van der Waals surface area contributed by atoms with E-state index in [1.54, 1.807) is 0 Å². The second kappa shape index (κ2) is 6.62. The van der Waals surface area contributed by atoms with E-state index in [9.17, 15) is 0 Å². The largest absolute Gasteiger partial charge is 0.307 e. The average molecular weight is 281 g/mol. The molecule has 0 spiro atoms. The van der Waals surface area contributed by atoms with Crippen molar-refractivity contribution >= 4 is 10.8 Å². The molecule has 0 heterocycles. The molecule has 2 aromatic rings. The zero-order valence-corrected chi connectivity index (χ0v) is 13.3. The van der Waals surface area contributed by atoms with Crippen molar-refractivity contribution in [1.29, 1.82) is 0 Å². The first-order chi connectivity index (χ1) is 10.3. The minimum Gasteiger partial charge on any atom is -0.307 e. The van der Waals surface area contributed by atoms with Gasteiger partial charge in [-0.2, -0.15) is 0 Å². The lowest BCUT2D eigenvalue weighted by molar-refractivity contribution is 0.241. The Morgan fingerprint density at radius 1 is 1.05 bits per heavy atom. The maximum atomic E-state index is 3.90. The summed E-state index contributed by atoms with van der Waals surface area (Å²) < 4.78 is 0. The molecule has 1 heteroatoms. The van der Waals surface area contributed by atoms with Crippen molar-refractivity contribution in [2.75, 3.05) is 0 Å². The maximum absolute atomic E-state index is 3.90. The third-order valence-corrected chi connectivity index (χ3v) is 5.17. The highest BCUT2D eigenvalue weighted by atomic mass is 15.0. The Labute approximate surface area is 128 Å². The molecule has 1 fully saturated rings. The SMILES string of the molecule is CCC1CCCCC1NC(C)c1ccc2ccccc2c1. The van der Waals surface area contributed by atoms with E-state index in [0.29, 0.717) is 12.1 Å². The molecule has 0 radical (unpaired) electrons. The number of rotatable bonds is 4. The first-order valence-corrected chi connectivity index (χ1v) is 8.52. The summed E-state index contributed by atoms with van der Waals surface area (Å²) in [6.45, 7) is 4.65. The van der Waals surface area contributed by atoms with Crippen LogP contribution >= 0.6 is 0 Å². The molecule has 0 aliphatic heterocycles. The smallest absolute Gasteiger partial charge is 0.0294 e. The number of fused-ring (bicyclic) bond motifs is 1. The Morgan fingerprint density at radius 3 is 2.62 bits per heavy atom. The summed E-state index contributed by atoms with van der Waals surface area (Å²) >= 11 is 0. The third kappa shape index (κ3) is 3.29. The van der Waals surface area contributed by atoms with E-state index in [-0.39, 0.29) is 0 Å². The topological polar surface area (TPSA) is 12.0 Å². The minimum absolute atomic E-state index is 0.437. The molecule has 21 heavy (non-hydrogen) atoms. The maximum Gasteiger partial charge on any atom is 0.0294 e. The van der Waals surface area contributed by atoms with E-state index in [0.717, 1.165) is 5.92 Å². The fourth-order valence-corrected chi connectivity index (χ4v) is 3.81. The van der Waals surface area contributed by atoms with E-state index in [1.807, 2.05) is 0 Å². The highest BCUT2D eigenvalue weighted by Crippen LogP contribution is 2.29. The van der Waals surface area contributed by atoms with Gasteiger partial charge in [0.15, 0.2) is 0 Å². The first-order valence-electron chi connectivity index (χ1n) is 8.52. The van der Waals surface area contributed by atoms with Crippen LogP contribution in [-0.4, -0.2) is 6.04 Å². The second-order valence-electron chi connectivity index (χ2n) is 6.55. The quantitative estimate of drug-likeness (QED) is 0.784. The van der Waals surface area contributed by atoms with Gasteiger partial charge < -0.3 is 5.32 Å². The normalized spacial score (nSPS) is 24.1. The van der Waals surface area contributed by atoms with Gasteiger partial charge in [0.05, 0.1) is 0 Å². The molecule has 1 aliphatic rings. The van der Waals surface area contributed by atoms with Crippen LogP contribution < -0.4 is 5.32 Å². The summed E-state index contributed by atoms with van der Waals surface area (Å²) in [5, 5.41) is 6.58. The molecule has 0 amide bonds. The van der Waals surface area contributed by atoms with Crippen LogP contribution in [0.25, 0.3) is 10.8 Å². The molecule has 0 saturated heterocycles. The van der Waals surface area contributed by atoms with Gasteiger partial charge >= 0.3 is 0 Å². The lowest BCUT2D eigenvalue weighted by Gasteiger charge is -2.34. The van der Waals surface area contributed by atoms with Crippen LogP contribution in [-0.2, 0) is 0 Å². The van der Waals surface area contributed by atoms with Crippen LogP contribution in [0, 0.1) is 5.92 Å². The molecule has 112 valence electrons. The number of hydrogen-bond acceptors (Lipinski definition) is 1. The summed E-state index contributed by atoms with van der Waals surface area (Å²) in [6, 6.07) is 16.6. The lowest BCUT2D eigenvalue weighted by atomic mass is 9.82. The summed E-state index contributed by atoms with van der Waals surface area (Å²) in [5.74, 6) is 0.863. The molecule has 3 unspecified atom stereocenters. The summed E-state index contributed by atoms with van der Waals surface area (Å²) in [4.78, 5) is 0. The molecule has 0 bridgehead atoms. The predicted molar refractivity (Wildman–Crippen MR) is 91.5 cm³/mol. The zero-order chi connectivity index (χ0) is 14.7. The van der Waals surface area contributed by atoms with Gasteiger partial charge in [0.1, 0.15) is 0 Å². The molecule has 1 aliphatic carbocycles. The second-order valence-corrected chi connectivity index (χ2v) is 6.55. The molecular formula is C20H27N. The van der Waals surface area contributed by atoms with Gasteiger partial charge in [-0.3, -0.25) is 0 Å². The summed E-state index contributed by atoms with van der Waals surface area (Å²) in [7, 11) is 0. The van der Waals surface area contributed by atoms with Crippen molar-refractivity contribution in [2.24, 2.45) is 5.92 Å². The number of benzene rings is 2. The predicted octanol–water partition coefficient (Wildman–Crippen LogP) is 5.46. The highest BCUT2D eigenvalue weighted by molar-refractivity contribution is 5.83. The van der Waals surface area contributed by atoms with Gasteiger partial charge in [0.25, 0.3) is 0 Å². The van der Waals surface area contributed by atoms with Crippen molar-refractivity contribution in [2.45, 2.75) is 58.0 Å². The van der Waals surface area contributed by atoms with Crippen molar-refractivity contribution < 1.29 is 0 Å². The Morgan fingerprint density at radius 2 is 1.81 bits per heavy atom. The van der Waals surface area contributed by atoms with E-state index in [2.05, 4.69) is 61.6 Å². The molecule has 1 saturated carbocycles. The fourth-order valence-electron chi connectivity index (χ4n) is 3.81. The van der Waals surface area contributed by atoms with Crippen molar-refractivity contribution in [1.82, 2.24) is 5.32 Å². The van der Waals surface area contributed by atoms with Gasteiger partial charge in [-0.05, 0) is 48.1 Å². The van der Waals surface area contributed by atoms with Crippen LogP contribution in [0.1, 0.15) is 57.6 Å². The van der Waals surface area contributed by atoms with Crippen molar-refractivity contribution in [3.05, 3.63) is 48.0 Å². The van der Waals surface area contributed by atoms with Crippen LogP contribution in [0.4, 0.5) is 0 Å². The van der Waals surface area contributed by atoms with Gasteiger partial charge in [-0.1, -0.05) is 62.6 Å². The average Bonchev–Trinajstić information content (AvgIpc) is 2.55. The highest BCUT2D eigenvalue weighted by Gasteiger charge is 2.24. The van der Waals surface area contributed by atoms with Crippen LogP contribution in [0.3, 0.4) is 0 Å². The van der Waals surface area contributed by atoms with Crippen LogP contribution in [0.5, 0.6) is 0 Å². The molecule has 0 aromatic heterocycles. The Bertz CT molecular complexity index is 589. The monoisotopic (exact) mass is 281 g/mol. The number of hydrogen-bond donors (Lipinski definition) is 1. The molecule has 1 N–H and O–H groups in total. The molecular weight excluding hydrogens is 254 g/mol. The zero-order valence-electron chi connectivity index (χ0n) is 13.3. The Balaban J connectivity index is 1.75. The summed E-state index contributed by atoms with van der Waals surface area (Å²) in [5.41, 5.74) is 1.41. The standard InChI is InChI=1S/C20H27N/c1-3-16-8-6-7-11-20(16)21-15(2)18-13-12-17-9-4-5-10-19(17)14-18/h4-5,9-10,12-16,20-21H,3,6-8,11H2,1-2H3. The lowest BCUT2D eigenvalue weighted by Crippen LogP contribution is -2.39. The fraction of sp³-hybridized carbons (Fsp3) is 0.500. The van der Waals surface area contributed by atoms with Crippen molar-refractivity contribution in [3.8, 4) is 0 Å². The van der Waals surface area contributed by atoms with Gasteiger partial charge in [-0.15, -0.1) is 0 Å². The third-order valence-electron chi connectivity index (χ3n) is 5.17. The van der Waals surface area contributed by atoms with E-state index >= 15 is 0 Å². The molecule has 3 atom stereocenters. The van der Waals surface area contributed by atoms with Crippen LogP contribution in [0.2, 0.25) is 0 Å². The minimum atomic E-state index is 0.437. The molecule has 1 nitrogen and oxygen atoms in total. The van der Waals surface area contributed by atoms with Crippen LogP contribution in [0.15, 0.2) is 42.5 Å². The van der Waals surface area contributed by atoms with Gasteiger partial charge in [-0.25, -0.2) is 0 Å². The Kier molecular flexibility index (Phi) is 4.60. The Hall–Kier alpha value is -1.34. The molecule has 3 rings (SSSR count). The van der Waals surface area contributed by atoms with E-state index < -0.39 is 0 Å². The number of nitrogens with one attached hydrogen (secondary N) is 1. The van der Waals surface area contributed by atoms with Crippen molar-refractivity contribution in [3.63, 3.8) is 0 Å². The van der Waals surface area contributed by atoms with Gasteiger partial charge in [0.2, 0.25) is 0 Å². The van der Waals surface area contributed by atoms with E-state index in [4.69, 9.17) is 0 Å². The van der Waals surface area contributed by atoms with E-state index in [1.165, 1.54) is 48.4 Å². The molecule has 2 aromatic carbocycles.